The van der Waals surface area contributed by atoms with Crippen LogP contribution in [0.4, 0.5) is 16.2 Å². The summed E-state index contributed by atoms with van der Waals surface area (Å²) in [5.41, 5.74) is 3.63. The Hall–Kier alpha value is -4.20. The number of benzene rings is 2. The topological polar surface area (TPSA) is 88.8 Å². The number of amides is 2. The Kier molecular flexibility index (Phi) is 4.36. The Morgan fingerprint density at radius 3 is 2.57 bits per heavy atom. The van der Waals surface area contributed by atoms with Crippen molar-refractivity contribution >= 4 is 29.2 Å². The number of anilines is 2. The van der Waals surface area contributed by atoms with E-state index in [1.165, 1.54) is 4.90 Å². The van der Waals surface area contributed by atoms with Crippen LogP contribution in [-0.2, 0) is 4.74 Å². The average Bonchev–Trinajstić information content (AvgIpc) is 3.40. The maximum atomic E-state index is 12.5. The van der Waals surface area contributed by atoms with Crippen LogP contribution in [0.2, 0.25) is 0 Å². The quantitative estimate of drug-likeness (QED) is 0.566. The van der Waals surface area contributed by atoms with Crippen molar-refractivity contribution in [3.05, 3.63) is 78.8 Å². The zero-order valence-electron chi connectivity index (χ0n) is 15.9. The highest BCUT2D eigenvalue weighted by Gasteiger charge is 2.23. The standard InChI is InChI=1S/C22H17N5O3/c28-20(16-4-8-18(9-5-16)27-12-13-30-22(27)29)24-17-6-2-15(3-7-17)19-14-26-11-1-10-23-21(26)25-19/h1-11,14H,12-13H2,(H,24,28). The number of carbonyl (C=O) groups excluding carboxylic acids is 2. The first-order valence-electron chi connectivity index (χ1n) is 9.43. The van der Waals surface area contributed by atoms with Crippen molar-refractivity contribution in [3.63, 3.8) is 0 Å². The molecule has 1 fully saturated rings. The van der Waals surface area contributed by atoms with E-state index < -0.39 is 0 Å². The third-order valence-electron chi connectivity index (χ3n) is 4.88. The van der Waals surface area contributed by atoms with Crippen LogP contribution in [0.3, 0.4) is 0 Å². The van der Waals surface area contributed by atoms with Gasteiger partial charge in [0, 0.05) is 41.1 Å². The number of cyclic esters (lactones) is 1. The number of hydrogen-bond acceptors (Lipinski definition) is 5. The van der Waals surface area contributed by atoms with Gasteiger partial charge in [-0.1, -0.05) is 12.1 Å². The third-order valence-corrected chi connectivity index (χ3v) is 4.88. The Balaban J connectivity index is 1.28. The lowest BCUT2D eigenvalue weighted by Gasteiger charge is -2.13. The Bertz CT molecular complexity index is 1200. The fourth-order valence-electron chi connectivity index (χ4n) is 3.32. The first kappa shape index (κ1) is 17.9. The zero-order chi connectivity index (χ0) is 20.5. The molecular weight excluding hydrogens is 382 g/mol. The summed E-state index contributed by atoms with van der Waals surface area (Å²) >= 11 is 0. The van der Waals surface area contributed by atoms with Crippen molar-refractivity contribution in [1.82, 2.24) is 14.4 Å². The minimum atomic E-state index is -0.367. The van der Waals surface area contributed by atoms with E-state index in [0.717, 1.165) is 11.3 Å². The number of carbonyl (C=O) groups is 2. The zero-order valence-corrected chi connectivity index (χ0v) is 15.9. The van der Waals surface area contributed by atoms with Gasteiger partial charge in [-0.05, 0) is 42.5 Å². The summed E-state index contributed by atoms with van der Waals surface area (Å²) in [6.07, 6.45) is 5.14. The summed E-state index contributed by atoms with van der Waals surface area (Å²) in [6, 6.07) is 16.2. The summed E-state index contributed by atoms with van der Waals surface area (Å²) < 4.78 is 6.79. The molecule has 30 heavy (non-hydrogen) atoms. The summed E-state index contributed by atoms with van der Waals surface area (Å²) in [6.45, 7) is 0.891. The predicted molar refractivity (Wildman–Crippen MR) is 112 cm³/mol. The molecular formula is C22H17N5O3. The van der Waals surface area contributed by atoms with Crippen molar-refractivity contribution < 1.29 is 14.3 Å². The Morgan fingerprint density at radius 2 is 1.87 bits per heavy atom. The summed E-state index contributed by atoms with van der Waals surface area (Å²) in [5, 5.41) is 2.88. The second-order valence-electron chi connectivity index (χ2n) is 6.80. The van der Waals surface area contributed by atoms with Gasteiger partial charge in [0.1, 0.15) is 6.61 Å². The third kappa shape index (κ3) is 3.35. The van der Waals surface area contributed by atoms with E-state index in [1.54, 1.807) is 30.5 Å². The molecule has 8 nitrogen and oxygen atoms in total. The normalized spacial score (nSPS) is 13.5. The minimum Gasteiger partial charge on any atom is -0.447 e. The molecule has 148 valence electrons. The Labute approximate surface area is 171 Å². The monoisotopic (exact) mass is 399 g/mol. The molecule has 3 heterocycles. The number of imidazole rings is 1. The van der Waals surface area contributed by atoms with Crippen molar-refractivity contribution in [3.8, 4) is 11.3 Å². The lowest BCUT2D eigenvalue weighted by Crippen LogP contribution is -2.23. The predicted octanol–water partition coefficient (Wildman–Crippen LogP) is 3.61. The molecule has 2 aromatic carbocycles. The highest BCUT2D eigenvalue weighted by Crippen LogP contribution is 2.22. The molecule has 0 aliphatic carbocycles. The van der Waals surface area contributed by atoms with E-state index in [-0.39, 0.29) is 12.0 Å². The van der Waals surface area contributed by atoms with E-state index in [1.807, 2.05) is 47.1 Å². The molecule has 2 aromatic heterocycles. The minimum absolute atomic E-state index is 0.227. The van der Waals surface area contributed by atoms with Gasteiger partial charge in [-0.25, -0.2) is 14.8 Å². The first-order valence-corrected chi connectivity index (χ1v) is 9.43. The largest absolute Gasteiger partial charge is 0.447 e. The summed E-state index contributed by atoms with van der Waals surface area (Å²) in [4.78, 5) is 34.4. The van der Waals surface area contributed by atoms with Gasteiger partial charge in [0.15, 0.2) is 0 Å². The number of nitrogens with one attached hydrogen (secondary N) is 1. The van der Waals surface area contributed by atoms with E-state index in [9.17, 15) is 9.59 Å². The van der Waals surface area contributed by atoms with Crippen LogP contribution in [-0.4, -0.2) is 39.5 Å². The summed E-state index contributed by atoms with van der Waals surface area (Å²) in [7, 11) is 0. The molecule has 1 aliphatic rings. The molecule has 0 atom stereocenters. The highest BCUT2D eigenvalue weighted by atomic mass is 16.6. The van der Waals surface area contributed by atoms with Crippen LogP contribution in [0.1, 0.15) is 10.4 Å². The van der Waals surface area contributed by atoms with Gasteiger partial charge in [0.25, 0.3) is 5.91 Å². The SMILES string of the molecule is O=C(Nc1ccc(-c2cn3cccnc3n2)cc1)c1ccc(N2CCOC2=O)cc1. The molecule has 0 unspecified atom stereocenters. The number of nitrogens with zero attached hydrogens (tertiary/aromatic N) is 4. The van der Waals surface area contributed by atoms with Crippen LogP contribution in [0.25, 0.3) is 17.0 Å². The summed E-state index contributed by atoms with van der Waals surface area (Å²) in [5.74, 6) is 0.408. The van der Waals surface area contributed by atoms with Gasteiger partial charge >= 0.3 is 6.09 Å². The van der Waals surface area contributed by atoms with Crippen molar-refractivity contribution in [2.45, 2.75) is 0 Å². The fourth-order valence-corrected chi connectivity index (χ4v) is 3.32. The van der Waals surface area contributed by atoms with E-state index in [2.05, 4.69) is 15.3 Å². The number of fused-ring (bicyclic) bond motifs is 1. The van der Waals surface area contributed by atoms with Gasteiger partial charge < -0.3 is 10.1 Å². The molecule has 0 radical (unpaired) electrons. The van der Waals surface area contributed by atoms with Crippen molar-refractivity contribution in [2.75, 3.05) is 23.4 Å². The number of rotatable bonds is 4. The van der Waals surface area contributed by atoms with E-state index >= 15 is 0 Å². The molecule has 0 bridgehead atoms. The molecule has 0 spiro atoms. The van der Waals surface area contributed by atoms with Crippen LogP contribution in [0, 0.1) is 0 Å². The molecule has 4 aromatic rings. The average molecular weight is 399 g/mol. The first-order chi connectivity index (χ1) is 14.7. The fraction of sp³-hybridized carbons (Fsp3) is 0.0909. The second kappa shape index (κ2) is 7.32. The molecule has 8 heteroatoms. The van der Waals surface area contributed by atoms with Gasteiger partial charge in [0.2, 0.25) is 5.78 Å². The highest BCUT2D eigenvalue weighted by molar-refractivity contribution is 6.04. The van der Waals surface area contributed by atoms with Crippen LogP contribution >= 0.6 is 0 Å². The molecule has 0 saturated carbocycles. The molecule has 1 aliphatic heterocycles. The lowest BCUT2D eigenvalue weighted by molar-refractivity contribution is 0.102. The van der Waals surface area contributed by atoms with Crippen molar-refractivity contribution in [2.24, 2.45) is 0 Å². The smallest absolute Gasteiger partial charge is 0.414 e. The maximum Gasteiger partial charge on any atom is 0.414 e. The van der Waals surface area contributed by atoms with Crippen LogP contribution < -0.4 is 10.2 Å². The van der Waals surface area contributed by atoms with Gasteiger partial charge in [-0.2, -0.15) is 0 Å². The second-order valence-corrected chi connectivity index (χ2v) is 6.80. The van der Waals surface area contributed by atoms with Crippen LogP contribution in [0.15, 0.2) is 73.2 Å². The number of ether oxygens (including phenoxy) is 1. The molecule has 5 rings (SSSR count). The lowest BCUT2D eigenvalue weighted by atomic mass is 10.1. The van der Waals surface area contributed by atoms with Gasteiger partial charge in [-0.15, -0.1) is 0 Å². The number of aromatic nitrogens is 3. The molecule has 1 saturated heterocycles. The molecule has 1 N–H and O–H groups in total. The molecule has 2 amide bonds. The van der Waals surface area contributed by atoms with Gasteiger partial charge in [-0.3, -0.25) is 14.1 Å². The maximum absolute atomic E-state index is 12.5. The Morgan fingerprint density at radius 1 is 1.07 bits per heavy atom. The van der Waals surface area contributed by atoms with Crippen molar-refractivity contribution in [1.29, 1.82) is 0 Å². The van der Waals surface area contributed by atoms with E-state index in [0.29, 0.717) is 35.9 Å². The number of hydrogen-bond donors (Lipinski definition) is 1. The van der Waals surface area contributed by atoms with E-state index in [4.69, 9.17) is 4.74 Å². The van der Waals surface area contributed by atoms with Crippen LogP contribution in [0.5, 0.6) is 0 Å². The van der Waals surface area contributed by atoms with Gasteiger partial charge in [0.05, 0.1) is 12.2 Å².